The molecule has 1 saturated heterocycles. The first kappa shape index (κ1) is 13.1. The van der Waals surface area contributed by atoms with Gasteiger partial charge in [0.25, 0.3) is 0 Å². The van der Waals surface area contributed by atoms with E-state index in [2.05, 4.69) is 5.32 Å². The molecule has 1 heterocycles. The van der Waals surface area contributed by atoms with Crippen LogP contribution in [-0.4, -0.2) is 26.8 Å². The fraction of sp³-hybridized carbons (Fsp3) is 0.571. The van der Waals surface area contributed by atoms with Crippen LogP contribution >= 0.6 is 0 Å². The lowest BCUT2D eigenvalue weighted by Gasteiger charge is -2.27. The smallest absolute Gasteiger partial charge is 0.144 e. The minimum Gasteiger partial charge on any atom is -0.497 e. The second-order valence-electron chi connectivity index (χ2n) is 4.57. The van der Waals surface area contributed by atoms with E-state index in [1.807, 2.05) is 0 Å². The molecule has 4 heteroatoms. The molecule has 1 aliphatic heterocycles. The molecular formula is C14H20FNO2. The summed E-state index contributed by atoms with van der Waals surface area (Å²) in [7, 11) is 3.14. The molecule has 0 amide bonds. The third-order valence-electron chi connectivity index (χ3n) is 3.44. The number of ether oxygens (including phenoxy) is 2. The van der Waals surface area contributed by atoms with Crippen LogP contribution in [0, 0.1) is 0 Å². The summed E-state index contributed by atoms with van der Waals surface area (Å²) >= 11 is 0. The predicted molar refractivity (Wildman–Crippen MR) is 69.0 cm³/mol. The monoisotopic (exact) mass is 253 g/mol. The number of hydrogen-bond donors (Lipinski definition) is 1. The number of methoxy groups -OCH3 is 2. The van der Waals surface area contributed by atoms with Crippen molar-refractivity contribution >= 4 is 0 Å². The number of nitrogens with one attached hydrogen (secondary N) is 1. The molecule has 1 N–H and O–H groups in total. The summed E-state index contributed by atoms with van der Waals surface area (Å²) in [5, 5.41) is 3.24. The number of benzene rings is 1. The van der Waals surface area contributed by atoms with Gasteiger partial charge in [-0.3, -0.25) is 0 Å². The zero-order chi connectivity index (χ0) is 13.0. The van der Waals surface area contributed by atoms with Crippen molar-refractivity contribution in [1.29, 1.82) is 0 Å². The Morgan fingerprint density at radius 2 is 2.11 bits per heavy atom. The van der Waals surface area contributed by atoms with Crippen LogP contribution < -0.4 is 14.8 Å². The van der Waals surface area contributed by atoms with Gasteiger partial charge < -0.3 is 14.8 Å². The average Bonchev–Trinajstić information content (AvgIpc) is 2.46. The Labute approximate surface area is 107 Å². The van der Waals surface area contributed by atoms with Gasteiger partial charge in [0.1, 0.15) is 17.7 Å². The SMILES string of the molecule is COc1ccc(C(F)C2CCCCN2)c(OC)c1. The van der Waals surface area contributed by atoms with Crippen molar-refractivity contribution in [3.05, 3.63) is 23.8 Å². The molecule has 1 fully saturated rings. The Morgan fingerprint density at radius 3 is 2.72 bits per heavy atom. The summed E-state index contributed by atoms with van der Waals surface area (Å²) in [6, 6.07) is 5.14. The van der Waals surface area contributed by atoms with Gasteiger partial charge in [-0.2, -0.15) is 0 Å². The van der Waals surface area contributed by atoms with Crippen LogP contribution in [0.1, 0.15) is 31.0 Å². The molecule has 2 atom stereocenters. The minimum atomic E-state index is -1.04. The molecule has 0 aliphatic carbocycles. The van der Waals surface area contributed by atoms with Crippen LogP contribution in [0.2, 0.25) is 0 Å². The molecule has 2 rings (SSSR count). The van der Waals surface area contributed by atoms with Crippen molar-refractivity contribution in [2.24, 2.45) is 0 Å². The van der Waals surface area contributed by atoms with E-state index in [0.29, 0.717) is 17.1 Å². The summed E-state index contributed by atoms with van der Waals surface area (Å²) in [6.07, 6.45) is 2.04. The Bertz CT molecular complexity index is 391. The van der Waals surface area contributed by atoms with Crippen molar-refractivity contribution < 1.29 is 13.9 Å². The van der Waals surface area contributed by atoms with Crippen LogP contribution in [0.15, 0.2) is 18.2 Å². The van der Waals surface area contributed by atoms with E-state index >= 15 is 0 Å². The maximum atomic E-state index is 14.5. The Kier molecular flexibility index (Phi) is 4.42. The van der Waals surface area contributed by atoms with E-state index in [-0.39, 0.29) is 6.04 Å². The van der Waals surface area contributed by atoms with E-state index in [1.54, 1.807) is 32.4 Å². The van der Waals surface area contributed by atoms with Gasteiger partial charge in [0.05, 0.1) is 14.2 Å². The largest absolute Gasteiger partial charge is 0.497 e. The summed E-state index contributed by atoms with van der Waals surface area (Å²) < 4.78 is 24.9. The zero-order valence-electron chi connectivity index (χ0n) is 10.9. The van der Waals surface area contributed by atoms with E-state index < -0.39 is 6.17 Å². The molecule has 0 aromatic heterocycles. The lowest BCUT2D eigenvalue weighted by molar-refractivity contribution is 0.216. The standard InChI is InChI=1S/C14H20FNO2/c1-17-10-6-7-11(13(9-10)18-2)14(15)12-5-3-4-8-16-12/h6-7,9,12,14,16H,3-5,8H2,1-2H3. The molecule has 0 radical (unpaired) electrons. The quantitative estimate of drug-likeness (QED) is 0.895. The first-order chi connectivity index (χ1) is 8.76. The maximum Gasteiger partial charge on any atom is 0.144 e. The number of alkyl halides is 1. The summed E-state index contributed by atoms with van der Waals surface area (Å²) in [4.78, 5) is 0. The number of halogens is 1. The van der Waals surface area contributed by atoms with Gasteiger partial charge in [0, 0.05) is 17.7 Å². The van der Waals surface area contributed by atoms with E-state index in [0.717, 1.165) is 25.8 Å². The van der Waals surface area contributed by atoms with Crippen molar-refractivity contribution in [3.8, 4) is 11.5 Å². The van der Waals surface area contributed by atoms with Crippen LogP contribution in [0.5, 0.6) is 11.5 Å². The highest BCUT2D eigenvalue weighted by Crippen LogP contribution is 2.35. The number of rotatable bonds is 4. The highest BCUT2D eigenvalue weighted by molar-refractivity contribution is 5.42. The fourth-order valence-corrected chi connectivity index (χ4v) is 2.39. The highest BCUT2D eigenvalue weighted by atomic mass is 19.1. The maximum absolute atomic E-state index is 14.5. The van der Waals surface area contributed by atoms with Crippen LogP contribution in [0.4, 0.5) is 4.39 Å². The van der Waals surface area contributed by atoms with E-state index in [4.69, 9.17) is 9.47 Å². The number of piperidine rings is 1. The van der Waals surface area contributed by atoms with Gasteiger partial charge in [-0.25, -0.2) is 4.39 Å². The predicted octanol–water partition coefficient (Wildman–Crippen LogP) is 2.86. The average molecular weight is 253 g/mol. The van der Waals surface area contributed by atoms with Gasteiger partial charge >= 0.3 is 0 Å². The molecule has 0 spiro atoms. The first-order valence-electron chi connectivity index (χ1n) is 6.35. The van der Waals surface area contributed by atoms with Crippen molar-refractivity contribution in [3.63, 3.8) is 0 Å². The molecule has 1 aliphatic rings. The third kappa shape index (κ3) is 2.75. The van der Waals surface area contributed by atoms with Gasteiger partial charge in [0.15, 0.2) is 0 Å². The molecule has 1 aromatic carbocycles. The third-order valence-corrected chi connectivity index (χ3v) is 3.44. The molecule has 0 bridgehead atoms. The molecule has 2 unspecified atom stereocenters. The van der Waals surface area contributed by atoms with Crippen molar-refractivity contribution in [2.45, 2.75) is 31.5 Å². The Morgan fingerprint density at radius 1 is 1.28 bits per heavy atom. The van der Waals surface area contributed by atoms with Crippen LogP contribution in [-0.2, 0) is 0 Å². The lowest BCUT2D eigenvalue weighted by Crippen LogP contribution is -2.37. The molecule has 1 aromatic rings. The summed E-state index contributed by atoms with van der Waals surface area (Å²) in [5.74, 6) is 1.23. The Hall–Kier alpha value is -1.29. The Balaban J connectivity index is 2.20. The topological polar surface area (TPSA) is 30.5 Å². The second kappa shape index (κ2) is 6.05. The second-order valence-corrected chi connectivity index (χ2v) is 4.57. The first-order valence-corrected chi connectivity index (χ1v) is 6.35. The van der Waals surface area contributed by atoms with Crippen molar-refractivity contribution in [1.82, 2.24) is 5.32 Å². The van der Waals surface area contributed by atoms with Crippen LogP contribution in [0.3, 0.4) is 0 Å². The molecule has 3 nitrogen and oxygen atoms in total. The molecule has 0 saturated carbocycles. The van der Waals surface area contributed by atoms with Gasteiger partial charge in [-0.1, -0.05) is 6.42 Å². The fourth-order valence-electron chi connectivity index (χ4n) is 2.39. The highest BCUT2D eigenvalue weighted by Gasteiger charge is 2.26. The zero-order valence-corrected chi connectivity index (χ0v) is 10.9. The van der Waals surface area contributed by atoms with Crippen LogP contribution in [0.25, 0.3) is 0 Å². The van der Waals surface area contributed by atoms with Gasteiger partial charge in [-0.05, 0) is 31.5 Å². The summed E-state index contributed by atoms with van der Waals surface area (Å²) in [5.41, 5.74) is 0.595. The normalized spacial score (nSPS) is 21.4. The molecular weight excluding hydrogens is 233 g/mol. The minimum absolute atomic E-state index is 0.110. The molecule has 100 valence electrons. The van der Waals surface area contributed by atoms with E-state index in [1.165, 1.54) is 0 Å². The lowest BCUT2D eigenvalue weighted by atomic mass is 9.95. The van der Waals surface area contributed by atoms with Gasteiger partial charge in [-0.15, -0.1) is 0 Å². The van der Waals surface area contributed by atoms with E-state index in [9.17, 15) is 4.39 Å². The van der Waals surface area contributed by atoms with Crippen molar-refractivity contribution in [2.75, 3.05) is 20.8 Å². The number of hydrogen-bond acceptors (Lipinski definition) is 3. The molecule has 18 heavy (non-hydrogen) atoms. The van der Waals surface area contributed by atoms with Gasteiger partial charge in [0.2, 0.25) is 0 Å². The summed E-state index contributed by atoms with van der Waals surface area (Å²) in [6.45, 7) is 0.892.